The van der Waals surface area contributed by atoms with E-state index in [0.29, 0.717) is 4.73 Å². The van der Waals surface area contributed by atoms with Crippen LogP contribution < -0.4 is 10.0 Å². The Morgan fingerprint density at radius 1 is 1.23 bits per heavy atom. The van der Waals surface area contributed by atoms with Crippen LogP contribution in [0, 0.1) is 5.21 Å². The summed E-state index contributed by atoms with van der Waals surface area (Å²) in [5.41, 5.74) is 3.19. The van der Waals surface area contributed by atoms with Crippen molar-refractivity contribution in [2.45, 2.75) is 32.2 Å². The molecule has 2 N–H and O–H groups in total. The summed E-state index contributed by atoms with van der Waals surface area (Å²) in [7, 11) is 0. The van der Waals surface area contributed by atoms with Crippen molar-refractivity contribution in [1.82, 2.24) is 5.32 Å². The van der Waals surface area contributed by atoms with E-state index in [1.807, 2.05) is 6.07 Å². The van der Waals surface area contributed by atoms with Gasteiger partial charge < -0.3 is 15.6 Å². The Morgan fingerprint density at radius 3 is 2.86 bits per heavy atom. The second-order valence-electron chi connectivity index (χ2n) is 5.50. The molecule has 0 bridgehead atoms. The van der Waals surface area contributed by atoms with Gasteiger partial charge in [-0.25, -0.2) is 0 Å². The molecular formula is C17H18N2O3. The summed E-state index contributed by atoms with van der Waals surface area (Å²) in [6.07, 6.45) is 5.47. The Labute approximate surface area is 128 Å². The van der Waals surface area contributed by atoms with Crippen molar-refractivity contribution in [3.63, 3.8) is 0 Å². The summed E-state index contributed by atoms with van der Waals surface area (Å²) < 4.78 is 0.537. The minimum atomic E-state index is -0.441. The molecule has 1 aromatic carbocycles. The highest BCUT2D eigenvalue weighted by Crippen LogP contribution is 2.30. The second kappa shape index (κ2) is 6.05. The average molecular weight is 298 g/mol. The van der Waals surface area contributed by atoms with Gasteiger partial charge in [0.25, 0.3) is 5.69 Å². The van der Waals surface area contributed by atoms with Crippen LogP contribution >= 0.6 is 0 Å². The SMILES string of the molecule is O=C(NCc1c(O)ccc2c1CCCC2)c1cccc[n+]1[O-]. The topological polar surface area (TPSA) is 76.3 Å². The Bertz CT molecular complexity index is 713. The van der Waals surface area contributed by atoms with Gasteiger partial charge in [0, 0.05) is 24.2 Å². The molecule has 1 aromatic heterocycles. The number of nitrogens with one attached hydrogen (secondary N) is 1. The van der Waals surface area contributed by atoms with Crippen LogP contribution in [0.15, 0.2) is 36.5 Å². The van der Waals surface area contributed by atoms with Crippen LogP contribution in [0.4, 0.5) is 0 Å². The van der Waals surface area contributed by atoms with Gasteiger partial charge in [-0.1, -0.05) is 6.07 Å². The van der Waals surface area contributed by atoms with E-state index in [0.717, 1.165) is 36.8 Å². The second-order valence-corrected chi connectivity index (χ2v) is 5.50. The normalized spacial score (nSPS) is 13.5. The first kappa shape index (κ1) is 14.4. The third-order valence-corrected chi connectivity index (χ3v) is 4.11. The number of benzene rings is 1. The van der Waals surface area contributed by atoms with Crippen molar-refractivity contribution in [2.75, 3.05) is 0 Å². The van der Waals surface area contributed by atoms with E-state index in [2.05, 4.69) is 5.32 Å². The lowest BCUT2D eigenvalue weighted by atomic mass is 9.87. The Balaban J connectivity index is 1.80. The average Bonchev–Trinajstić information content (AvgIpc) is 2.54. The number of phenolic OH excluding ortho intramolecular Hbond substituents is 1. The maximum atomic E-state index is 12.1. The number of aromatic hydroxyl groups is 1. The Hall–Kier alpha value is -2.56. The molecule has 0 radical (unpaired) electrons. The number of fused-ring (bicyclic) bond motifs is 1. The molecule has 1 aliphatic carbocycles. The fraction of sp³-hybridized carbons (Fsp3) is 0.294. The third-order valence-electron chi connectivity index (χ3n) is 4.11. The highest BCUT2D eigenvalue weighted by Gasteiger charge is 2.19. The smallest absolute Gasteiger partial charge is 0.317 e. The molecule has 0 saturated heterocycles. The first-order chi connectivity index (χ1) is 10.7. The van der Waals surface area contributed by atoms with Gasteiger partial charge in [-0.05, 0) is 48.9 Å². The number of aryl methyl sites for hydroxylation is 1. The maximum absolute atomic E-state index is 12.1. The number of nitrogens with zero attached hydrogens (tertiary/aromatic N) is 1. The standard InChI is InChI=1S/C17H18N2O3/c20-16-9-8-12-5-1-2-6-13(12)14(16)11-18-17(21)15-7-3-4-10-19(15)22/h3-4,7-10,20H,1-2,5-6,11H2,(H,18,21). The van der Waals surface area contributed by atoms with Crippen LogP contribution in [0.25, 0.3) is 0 Å². The molecule has 0 fully saturated rings. The third kappa shape index (κ3) is 2.74. The van der Waals surface area contributed by atoms with Crippen LogP contribution in [-0.4, -0.2) is 11.0 Å². The highest BCUT2D eigenvalue weighted by atomic mass is 16.5. The highest BCUT2D eigenvalue weighted by molar-refractivity contribution is 5.90. The molecule has 2 aromatic rings. The zero-order valence-electron chi connectivity index (χ0n) is 12.2. The fourth-order valence-electron chi connectivity index (χ4n) is 2.95. The molecule has 5 heteroatoms. The van der Waals surface area contributed by atoms with E-state index >= 15 is 0 Å². The first-order valence-electron chi connectivity index (χ1n) is 7.46. The molecule has 1 heterocycles. The molecule has 1 aliphatic rings. The van der Waals surface area contributed by atoms with Gasteiger partial charge >= 0.3 is 5.91 Å². The van der Waals surface area contributed by atoms with E-state index in [4.69, 9.17) is 0 Å². The van der Waals surface area contributed by atoms with Crippen molar-refractivity contribution < 1.29 is 14.6 Å². The summed E-state index contributed by atoms with van der Waals surface area (Å²) >= 11 is 0. The van der Waals surface area contributed by atoms with Gasteiger partial charge in [0.2, 0.25) is 0 Å². The van der Waals surface area contributed by atoms with E-state index < -0.39 is 5.91 Å². The predicted molar refractivity (Wildman–Crippen MR) is 81.3 cm³/mol. The molecule has 114 valence electrons. The van der Waals surface area contributed by atoms with Crippen LogP contribution in [0.3, 0.4) is 0 Å². The van der Waals surface area contributed by atoms with Crippen LogP contribution in [0.2, 0.25) is 0 Å². The van der Waals surface area contributed by atoms with Gasteiger partial charge in [0.05, 0.1) is 0 Å². The summed E-state index contributed by atoms with van der Waals surface area (Å²) in [4.78, 5) is 12.1. The lowest BCUT2D eigenvalue weighted by Gasteiger charge is -2.20. The summed E-state index contributed by atoms with van der Waals surface area (Å²) in [5.74, 6) is -0.243. The van der Waals surface area contributed by atoms with Gasteiger partial charge in [-0.15, -0.1) is 0 Å². The molecule has 0 atom stereocenters. The zero-order valence-corrected chi connectivity index (χ0v) is 12.2. The molecule has 0 saturated carbocycles. The number of hydrogen-bond donors (Lipinski definition) is 2. The zero-order chi connectivity index (χ0) is 15.5. The first-order valence-corrected chi connectivity index (χ1v) is 7.46. The van der Waals surface area contributed by atoms with Crippen molar-refractivity contribution in [1.29, 1.82) is 0 Å². The van der Waals surface area contributed by atoms with E-state index in [-0.39, 0.29) is 18.0 Å². The van der Waals surface area contributed by atoms with Crippen LogP contribution in [0.1, 0.15) is 40.0 Å². The predicted octanol–water partition coefficient (Wildman–Crippen LogP) is 1.83. The summed E-state index contributed by atoms with van der Waals surface area (Å²) in [6.45, 7) is 0.225. The van der Waals surface area contributed by atoms with Crippen molar-refractivity contribution in [3.05, 3.63) is 64.1 Å². The maximum Gasteiger partial charge on any atom is 0.317 e. The molecule has 5 nitrogen and oxygen atoms in total. The van der Waals surface area contributed by atoms with E-state index in [1.165, 1.54) is 17.8 Å². The Morgan fingerprint density at radius 2 is 2.05 bits per heavy atom. The number of rotatable bonds is 3. The molecule has 22 heavy (non-hydrogen) atoms. The van der Waals surface area contributed by atoms with Gasteiger partial charge in [-0.3, -0.25) is 4.79 Å². The van der Waals surface area contributed by atoms with Crippen LogP contribution in [-0.2, 0) is 19.4 Å². The fourth-order valence-corrected chi connectivity index (χ4v) is 2.95. The van der Waals surface area contributed by atoms with Crippen molar-refractivity contribution in [2.24, 2.45) is 0 Å². The minimum absolute atomic E-state index is 0.0480. The number of aromatic nitrogens is 1. The number of carbonyl (C=O) groups is 1. The summed E-state index contributed by atoms with van der Waals surface area (Å²) in [5, 5.41) is 24.4. The number of pyridine rings is 1. The number of phenols is 1. The van der Waals surface area contributed by atoms with Crippen molar-refractivity contribution >= 4 is 5.91 Å². The number of carbonyl (C=O) groups excluding carboxylic acids is 1. The number of amides is 1. The molecule has 1 amide bonds. The number of hydrogen-bond acceptors (Lipinski definition) is 3. The van der Waals surface area contributed by atoms with Gasteiger partial charge in [0.15, 0.2) is 6.20 Å². The van der Waals surface area contributed by atoms with Gasteiger partial charge in [0.1, 0.15) is 5.75 Å². The van der Waals surface area contributed by atoms with Crippen LogP contribution in [0.5, 0.6) is 5.75 Å². The molecule has 3 rings (SSSR count). The van der Waals surface area contributed by atoms with Crippen molar-refractivity contribution in [3.8, 4) is 5.75 Å². The molecule has 0 unspecified atom stereocenters. The largest absolute Gasteiger partial charge is 0.618 e. The Kier molecular flexibility index (Phi) is 3.96. The molecule has 0 aliphatic heterocycles. The lowest BCUT2D eigenvalue weighted by Crippen LogP contribution is -2.39. The quantitative estimate of drug-likeness (QED) is 0.670. The van der Waals surface area contributed by atoms with E-state index in [9.17, 15) is 15.1 Å². The molecule has 0 spiro atoms. The minimum Gasteiger partial charge on any atom is -0.618 e. The summed E-state index contributed by atoms with van der Waals surface area (Å²) in [6, 6.07) is 8.33. The molecular weight excluding hydrogens is 280 g/mol. The van der Waals surface area contributed by atoms with E-state index in [1.54, 1.807) is 18.2 Å². The lowest BCUT2D eigenvalue weighted by molar-refractivity contribution is -0.607. The van der Waals surface area contributed by atoms with Gasteiger partial charge in [-0.2, -0.15) is 4.73 Å². The monoisotopic (exact) mass is 298 g/mol.